The van der Waals surface area contributed by atoms with Crippen LogP contribution in [0, 0.1) is 0 Å². The summed E-state index contributed by atoms with van der Waals surface area (Å²) < 4.78 is 11.3. The van der Waals surface area contributed by atoms with Crippen LogP contribution in [0.3, 0.4) is 0 Å². The first-order valence-corrected chi connectivity index (χ1v) is 26.8. The monoisotopic (exact) mass is 834 g/mol. The van der Waals surface area contributed by atoms with E-state index >= 15 is 0 Å². The summed E-state index contributed by atoms with van der Waals surface area (Å²) in [6.07, 6.45) is 30.8. The van der Waals surface area contributed by atoms with Crippen molar-refractivity contribution in [2.75, 3.05) is 36.7 Å². The second kappa shape index (κ2) is 36.2. The lowest BCUT2D eigenvalue weighted by Gasteiger charge is -2.40. The Labute approximate surface area is 352 Å². The van der Waals surface area contributed by atoms with E-state index in [4.69, 9.17) is 9.47 Å². The lowest BCUT2D eigenvalue weighted by atomic mass is 9.99. The highest BCUT2D eigenvalue weighted by atomic mass is 32.3. The summed E-state index contributed by atoms with van der Waals surface area (Å²) in [7, 11) is -0.552. The van der Waals surface area contributed by atoms with Gasteiger partial charge < -0.3 is 40.3 Å². The zero-order chi connectivity index (χ0) is 42.0. The van der Waals surface area contributed by atoms with Gasteiger partial charge in [-0.05, 0) is 55.6 Å². The van der Waals surface area contributed by atoms with E-state index in [1.54, 1.807) is 0 Å². The molecule has 10 heteroatoms. The molecule has 5 unspecified atom stereocenters. The molecule has 57 heavy (non-hydrogen) atoms. The van der Waals surface area contributed by atoms with Crippen LogP contribution in [0.1, 0.15) is 213 Å². The van der Waals surface area contributed by atoms with Gasteiger partial charge in [0.05, 0.1) is 25.4 Å². The quantitative estimate of drug-likeness (QED) is 0.0335. The van der Waals surface area contributed by atoms with Gasteiger partial charge in [-0.1, -0.05) is 175 Å². The van der Waals surface area contributed by atoms with Crippen molar-refractivity contribution < 1.29 is 39.8 Å². The van der Waals surface area contributed by atoms with E-state index < -0.39 is 59.5 Å². The number of ether oxygens (including phenoxy) is 2. The van der Waals surface area contributed by atoms with Crippen LogP contribution in [0.5, 0.6) is 0 Å². The van der Waals surface area contributed by atoms with Crippen LogP contribution in [-0.2, 0) is 14.3 Å². The predicted octanol–water partition coefficient (Wildman–Crippen LogP) is 9.85. The highest BCUT2D eigenvalue weighted by molar-refractivity contribution is 8.33. The Bertz CT molecular complexity index is 899. The maximum atomic E-state index is 13.1. The first-order valence-electron chi connectivity index (χ1n) is 24.2. The molecule has 342 valence electrons. The smallest absolute Gasteiger partial charge is 0.220 e. The largest absolute Gasteiger partial charge is 0.394 e. The van der Waals surface area contributed by atoms with Gasteiger partial charge in [0.1, 0.15) is 24.4 Å². The average molecular weight is 834 g/mol. The number of carbonyl (C=O) groups is 1. The molecule has 9 nitrogen and oxygen atoms in total. The van der Waals surface area contributed by atoms with Gasteiger partial charge in [-0.2, -0.15) is 0 Å². The molecule has 0 aliphatic carbocycles. The summed E-state index contributed by atoms with van der Waals surface area (Å²) >= 11 is 0. The van der Waals surface area contributed by atoms with Gasteiger partial charge in [0.2, 0.25) is 5.91 Å². The molecule has 0 aromatic rings. The van der Waals surface area contributed by atoms with Crippen LogP contribution in [0.25, 0.3) is 0 Å². The molecule has 1 heterocycles. The summed E-state index contributed by atoms with van der Waals surface area (Å²) in [5.41, 5.74) is 0. The molecule has 1 aliphatic rings. The standard InChI is InChI=1S/C47H95NO8S/c1-5-8-11-14-15-16-17-18-19-20-21-23-28-33-41(50)40(39-55-47-46(54)45(53)44(52)42(38-49)56-47)48-43(51)34-29-24-22-27-32-37-57(4,35-30-25-12-9-6-2)36-31-26-13-10-7-3/h40-42,44-47,49-50,52-54H,5-39H2,1-4H3,(H,48,51)/t40-,41+,42?,44?,45?,46?,47?/m0/s1. The summed E-state index contributed by atoms with van der Waals surface area (Å²) in [4.78, 5) is 13.1. The van der Waals surface area contributed by atoms with E-state index in [1.165, 1.54) is 159 Å². The van der Waals surface area contributed by atoms with Gasteiger partial charge >= 0.3 is 0 Å². The van der Waals surface area contributed by atoms with E-state index in [0.717, 1.165) is 38.5 Å². The first-order chi connectivity index (χ1) is 27.6. The minimum Gasteiger partial charge on any atom is -0.394 e. The normalized spacial score (nSPS) is 21.5. The van der Waals surface area contributed by atoms with E-state index in [-0.39, 0.29) is 12.5 Å². The van der Waals surface area contributed by atoms with E-state index in [1.807, 2.05) is 0 Å². The van der Waals surface area contributed by atoms with E-state index in [9.17, 15) is 30.3 Å². The van der Waals surface area contributed by atoms with Gasteiger partial charge in [-0.25, -0.2) is 10.0 Å². The van der Waals surface area contributed by atoms with Crippen molar-refractivity contribution >= 4 is 15.9 Å². The molecule has 0 aromatic heterocycles. The Hall–Kier alpha value is -0.460. The van der Waals surface area contributed by atoms with Crippen LogP contribution in [0.2, 0.25) is 0 Å². The van der Waals surface area contributed by atoms with Crippen molar-refractivity contribution in [2.24, 2.45) is 0 Å². The Balaban J connectivity index is 2.53. The Morgan fingerprint density at radius 3 is 1.44 bits per heavy atom. The SMILES string of the molecule is CCCCCCCCCCCCCCC[C@@H](O)[C@H](COC1OC(CO)C(O)C(O)C1O)NC(=O)CCCCCCCS(C)(CCCCCCC)CCCCCCC. The van der Waals surface area contributed by atoms with E-state index in [2.05, 4.69) is 32.3 Å². The molecule has 0 spiro atoms. The summed E-state index contributed by atoms with van der Waals surface area (Å²) in [6.45, 7) is 6.14. The Morgan fingerprint density at radius 1 is 0.596 bits per heavy atom. The molecular weight excluding hydrogens is 739 g/mol. The molecular formula is C47H95NO8S. The van der Waals surface area contributed by atoms with Crippen molar-refractivity contribution in [3.05, 3.63) is 0 Å². The van der Waals surface area contributed by atoms with Crippen molar-refractivity contribution in [3.8, 4) is 0 Å². The third kappa shape index (κ3) is 27.2. The molecule has 1 aliphatic heterocycles. The van der Waals surface area contributed by atoms with Crippen LogP contribution < -0.4 is 5.32 Å². The zero-order valence-electron chi connectivity index (χ0n) is 37.7. The van der Waals surface area contributed by atoms with Crippen molar-refractivity contribution in [1.29, 1.82) is 0 Å². The third-order valence-corrected chi connectivity index (χ3v) is 16.0. The zero-order valence-corrected chi connectivity index (χ0v) is 38.5. The molecule has 1 saturated heterocycles. The van der Waals surface area contributed by atoms with E-state index in [0.29, 0.717) is 12.8 Å². The predicted molar refractivity (Wildman–Crippen MR) is 241 cm³/mol. The number of aliphatic hydroxyl groups is 5. The fraction of sp³-hybridized carbons (Fsp3) is 0.979. The molecule has 0 radical (unpaired) electrons. The molecule has 7 atom stereocenters. The number of hydrogen-bond donors (Lipinski definition) is 6. The topological polar surface area (TPSA) is 149 Å². The maximum absolute atomic E-state index is 13.1. The first kappa shape index (κ1) is 54.6. The van der Waals surface area contributed by atoms with Crippen molar-refractivity contribution in [1.82, 2.24) is 5.32 Å². The summed E-state index contributed by atoms with van der Waals surface area (Å²) in [5, 5.41) is 54.6. The molecule has 0 aromatic carbocycles. The number of rotatable bonds is 40. The van der Waals surface area contributed by atoms with Crippen molar-refractivity contribution in [2.45, 2.75) is 256 Å². The van der Waals surface area contributed by atoms with Crippen molar-refractivity contribution in [3.63, 3.8) is 0 Å². The highest BCUT2D eigenvalue weighted by Crippen LogP contribution is 2.47. The maximum Gasteiger partial charge on any atom is 0.220 e. The molecule has 1 rings (SSSR count). The van der Waals surface area contributed by atoms with Crippen LogP contribution in [0.15, 0.2) is 0 Å². The number of nitrogens with one attached hydrogen (secondary N) is 1. The van der Waals surface area contributed by atoms with Gasteiger partial charge in [-0.15, -0.1) is 0 Å². The molecule has 1 amide bonds. The lowest BCUT2D eigenvalue weighted by molar-refractivity contribution is -0.302. The van der Waals surface area contributed by atoms with Crippen LogP contribution >= 0.6 is 10.0 Å². The molecule has 0 saturated carbocycles. The number of hydrogen-bond acceptors (Lipinski definition) is 8. The highest BCUT2D eigenvalue weighted by Gasteiger charge is 2.44. The van der Waals surface area contributed by atoms with Crippen LogP contribution in [-0.4, -0.2) is 111 Å². The summed E-state index contributed by atoms with van der Waals surface area (Å²) in [6, 6.07) is -0.716. The second-order valence-electron chi connectivity index (χ2n) is 17.7. The number of amides is 1. The molecule has 6 N–H and O–H groups in total. The number of carbonyl (C=O) groups excluding carboxylic acids is 1. The van der Waals surface area contributed by atoms with Gasteiger partial charge in [0.15, 0.2) is 6.29 Å². The van der Waals surface area contributed by atoms with Gasteiger partial charge in [0.25, 0.3) is 0 Å². The van der Waals surface area contributed by atoms with Crippen LogP contribution in [0.4, 0.5) is 0 Å². The molecule has 0 bridgehead atoms. The Morgan fingerprint density at radius 2 is 1.00 bits per heavy atom. The Kier molecular flexibility index (Phi) is 34.7. The number of unbranched alkanes of at least 4 members (excludes halogenated alkanes) is 24. The fourth-order valence-electron chi connectivity index (χ4n) is 8.18. The fourth-order valence-corrected chi connectivity index (χ4v) is 11.5. The third-order valence-electron chi connectivity index (χ3n) is 12.2. The second-order valence-corrected chi connectivity index (χ2v) is 21.9. The minimum atomic E-state index is -1.55. The minimum absolute atomic E-state index is 0.133. The summed E-state index contributed by atoms with van der Waals surface area (Å²) in [5.74, 6) is 4.10. The van der Waals surface area contributed by atoms with Gasteiger partial charge in [0, 0.05) is 6.42 Å². The molecule has 1 fully saturated rings. The van der Waals surface area contributed by atoms with Gasteiger partial charge in [-0.3, -0.25) is 4.79 Å². The number of aliphatic hydroxyl groups excluding tert-OH is 5. The lowest BCUT2D eigenvalue weighted by Crippen LogP contribution is -2.60. The average Bonchev–Trinajstić information content (AvgIpc) is 3.20.